The number of fused-ring (bicyclic) bond motifs is 1. The predicted molar refractivity (Wildman–Crippen MR) is 103 cm³/mol. The van der Waals surface area contributed by atoms with Crippen LogP contribution in [-0.4, -0.2) is 26.1 Å². The highest BCUT2D eigenvalue weighted by Crippen LogP contribution is 2.19. The Labute approximate surface area is 156 Å². The molecule has 27 heavy (non-hydrogen) atoms. The van der Waals surface area contributed by atoms with Crippen LogP contribution in [0.5, 0.6) is 0 Å². The Bertz CT molecular complexity index is 1090. The van der Waals surface area contributed by atoms with E-state index in [1.807, 2.05) is 36.4 Å². The van der Waals surface area contributed by atoms with Gasteiger partial charge in [-0.25, -0.2) is 4.98 Å². The van der Waals surface area contributed by atoms with Crippen LogP contribution >= 0.6 is 0 Å². The molecule has 0 saturated heterocycles. The number of carbonyl (C=O) groups excluding carboxylic acids is 1. The number of nitrogens with zero attached hydrogens (tertiary/aromatic N) is 4. The van der Waals surface area contributed by atoms with Gasteiger partial charge in [0.05, 0.1) is 23.3 Å². The molecule has 0 radical (unpaired) electrons. The highest BCUT2D eigenvalue weighted by atomic mass is 16.2. The second-order valence-electron chi connectivity index (χ2n) is 6.91. The Morgan fingerprint density at radius 3 is 2.70 bits per heavy atom. The molecule has 1 aliphatic rings. The first-order valence-corrected chi connectivity index (χ1v) is 9.42. The lowest BCUT2D eigenvalue weighted by atomic mass is 9.96. The van der Waals surface area contributed by atoms with Crippen molar-refractivity contribution < 1.29 is 4.79 Å². The number of benzene rings is 1. The molecule has 0 unspecified atom stereocenters. The van der Waals surface area contributed by atoms with Crippen molar-refractivity contribution in [3.8, 4) is 0 Å². The number of carbonyl (C=O) groups is 1. The van der Waals surface area contributed by atoms with E-state index >= 15 is 0 Å². The summed E-state index contributed by atoms with van der Waals surface area (Å²) in [4.78, 5) is 34.3. The van der Waals surface area contributed by atoms with Gasteiger partial charge in [-0.2, -0.15) is 0 Å². The fourth-order valence-electron chi connectivity index (χ4n) is 3.64. The third kappa shape index (κ3) is 3.74. The van der Waals surface area contributed by atoms with Crippen LogP contribution in [0.15, 0.2) is 64.6 Å². The van der Waals surface area contributed by atoms with Crippen LogP contribution in [0.2, 0.25) is 0 Å². The van der Waals surface area contributed by atoms with E-state index in [0.717, 1.165) is 12.8 Å². The third-order valence-electron chi connectivity index (χ3n) is 5.04. The molecule has 3 aromatic rings. The standard InChI is InChI=1S/C21H22N4O2/c26-20-14-22-17-10-4-5-11-18(17)25(20)15-21(27)24-13-7-6-12-19(24)23-16-8-2-1-3-9-16/h4-7,10-14,16H,1-3,8-9,15H2. The molecule has 0 aliphatic heterocycles. The highest BCUT2D eigenvalue weighted by Gasteiger charge is 2.14. The molecule has 6 heteroatoms. The van der Waals surface area contributed by atoms with Crippen LogP contribution < -0.4 is 11.0 Å². The molecule has 138 valence electrons. The number of pyridine rings is 1. The van der Waals surface area contributed by atoms with Crippen molar-refractivity contribution in [2.75, 3.05) is 0 Å². The SMILES string of the molecule is O=C(Cn1c(=O)cnc2ccccc21)n1ccccc1=NC1CCCCC1. The van der Waals surface area contributed by atoms with Crippen LogP contribution in [0.3, 0.4) is 0 Å². The van der Waals surface area contributed by atoms with Crippen LogP contribution in [0, 0.1) is 0 Å². The Hall–Kier alpha value is -3.02. The van der Waals surface area contributed by atoms with Gasteiger partial charge in [0.2, 0.25) is 0 Å². The van der Waals surface area contributed by atoms with Crippen LogP contribution in [0.25, 0.3) is 11.0 Å². The summed E-state index contributed by atoms with van der Waals surface area (Å²) in [6.07, 6.45) is 8.75. The van der Waals surface area contributed by atoms with E-state index < -0.39 is 0 Å². The van der Waals surface area contributed by atoms with Gasteiger partial charge in [0.15, 0.2) is 0 Å². The minimum atomic E-state index is -0.288. The van der Waals surface area contributed by atoms with E-state index in [9.17, 15) is 9.59 Å². The summed E-state index contributed by atoms with van der Waals surface area (Å²) in [5.41, 5.74) is 1.71. The van der Waals surface area contributed by atoms with Gasteiger partial charge in [-0.15, -0.1) is 0 Å². The van der Waals surface area contributed by atoms with E-state index in [4.69, 9.17) is 4.99 Å². The summed E-state index contributed by atoms with van der Waals surface area (Å²) in [5.74, 6) is -0.191. The van der Waals surface area contributed by atoms with Crippen LogP contribution in [0.1, 0.15) is 36.9 Å². The van der Waals surface area contributed by atoms with E-state index in [0.29, 0.717) is 16.5 Å². The fraction of sp³-hybridized carbons (Fsp3) is 0.333. The van der Waals surface area contributed by atoms with Crippen molar-refractivity contribution >= 4 is 16.9 Å². The maximum Gasteiger partial charge on any atom is 0.269 e. The Kier molecular flexibility index (Phi) is 4.96. The van der Waals surface area contributed by atoms with Gasteiger partial charge in [-0.3, -0.25) is 23.7 Å². The van der Waals surface area contributed by atoms with E-state index in [1.54, 1.807) is 16.8 Å². The first kappa shape index (κ1) is 17.4. The molecule has 0 N–H and O–H groups in total. The molecule has 1 fully saturated rings. The van der Waals surface area contributed by atoms with Gasteiger partial charge < -0.3 is 0 Å². The van der Waals surface area contributed by atoms with Gasteiger partial charge >= 0.3 is 0 Å². The van der Waals surface area contributed by atoms with Gasteiger partial charge in [-0.1, -0.05) is 37.5 Å². The molecule has 0 spiro atoms. The molecular formula is C21H22N4O2. The largest absolute Gasteiger partial charge is 0.296 e. The molecule has 0 atom stereocenters. The molecule has 1 saturated carbocycles. The number of para-hydroxylation sites is 2. The van der Waals surface area contributed by atoms with E-state index in [2.05, 4.69) is 4.98 Å². The maximum atomic E-state index is 13.0. The molecule has 2 aromatic heterocycles. The quantitative estimate of drug-likeness (QED) is 0.719. The lowest BCUT2D eigenvalue weighted by Gasteiger charge is -2.18. The highest BCUT2D eigenvalue weighted by molar-refractivity contribution is 5.81. The minimum Gasteiger partial charge on any atom is -0.296 e. The molecule has 2 heterocycles. The summed E-state index contributed by atoms with van der Waals surface area (Å²) in [6.45, 7) is -0.0519. The number of aromatic nitrogens is 3. The zero-order chi connectivity index (χ0) is 18.6. The van der Waals surface area contributed by atoms with Gasteiger partial charge in [-0.05, 0) is 37.1 Å². The number of hydrogen-bond donors (Lipinski definition) is 0. The molecule has 0 amide bonds. The summed E-state index contributed by atoms with van der Waals surface area (Å²) < 4.78 is 3.02. The third-order valence-corrected chi connectivity index (χ3v) is 5.04. The Morgan fingerprint density at radius 2 is 1.85 bits per heavy atom. The second-order valence-corrected chi connectivity index (χ2v) is 6.91. The number of hydrogen-bond acceptors (Lipinski definition) is 4. The lowest BCUT2D eigenvalue weighted by Crippen LogP contribution is -2.34. The molecule has 6 nitrogen and oxygen atoms in total. The van der Waals surface area contributed by atoms with Crippen molar-refractivity contribution in [1.82, 2.24) is 14.1 Å². The molecule has 1 aromatic carbocycles. The van der Waals surface area contributed by atoms with Crippen LogP contribution in [0.4, 0.5) is 0 Å². The molecule has 0 bridgehead atoms. The molecular weight excluding hydrogens is 340 g/mol. The van der Waals surface area contributed by atoms with Gasteiger partial charge in [0.1, 0.15) is 12.0 Å². The predicted octanol–water partition coefficient (Wildman–Crippen LogP) is 2.77. The number of rotatable bonds is 3. The second kappa shape index (κ2) is 7.70. The summed E-state index contributed by atoms with van der Waals surface area (Å²) >= 11 is 0. The zero-order valence-corrected chi connectivity index (χ0v) is 15.1. The molecule has 1 aliphatic carbocycles. The van der Waals surface area contributed by atoms with Gasteiger partial charge in [0, 0.05) is 6.20 Å². The topological polar surface area (TPSA) is 69.2 Å². The zero-order valence-electron chi connectivity index (χ0n) is 15.1. The average molecular weight is 362 g/mol. The normalized spacial score (nSPS) is 15.9. The average Bonchev–Trinajstić information content (AvgIpc) is 2.71. The van der Waals surface area contributed by atoms with Crippen molar-refractivity contribution in [2.45, 2.75) is 44.7 Å². The smallest absolute Gasteiger partial charge is 0.269 e. The van der Waals surface area contributed by atoms with Gasteiger partial charge in [0.25, 0.3) is 11.5 Å². The Balaban J connectivity index is 1.70. The van der Waals surface area contributed by atoms with Crippen molar-refractivity contribution in [1.29, 1.82) is 0 Å². The first-order chi connectivity index (χ1) is 13.2. The van der Waals surface area contributed by atoms with Crippen LogP contribution in [-0.2, 0) is 6.54 Å². The van der Waals surface area contributed by atoms with E-state index in [1.165, 1.54) is 30.0 Å². The first-order valence-electron chi connectivity index (χ1n) is 9.42. The monoisotopic (exact) mass is 362 g/mol. The van der Waals surface area contributed by atoms with Crippen molar-refractivity contribution in [3.63, 3.8) is 0 Å². The summed E-state index contributed by atoms with van der Waals surface area (Å²) in [5, 5.41) is 0. The summed E-state index contributed by atoms with van der Waals surface area (Å²) in [7, 11) is 0. The van der Waals surface area contributed by atoms with Crippen molar-refractivity contribution in [3.05, 3.63) is 70.7 Å². The Morgan fingerprint density at radius 1 is 1.07 bits per heavy atom. The molecule has 4 rings (SSSR count). The van der Waals surface area contributed by atoms with E-state index in [-0.39, 0.29) is 24.1 Å². The maximum absolute atomic E-state index is 13.0. The summed E-state index contributed by atoms with van der Waals surface area (Å²) in [6, 6.07) is 13.2. The fourth-order valence-corrected chi connectivity index (χ4v) is 3.64. The van der Waals surface area contributed by atoms with Crippen molar-refractivity contribution in [2.24, 2.45) is 4.99 Å². The lowest BCUT2D eigenvalue weighted by molar-refractivity contribution is 0.0885. The minimum absolute atomic E-state index is 0.0519.